The highest BCUT2D eigenvalue weighted by Gasteiger charge is 2.57. The van der Waals surface area contributed by atoms with E-state index in [2.05, 4.69) is 27.4 Å². The van der Waals surface area contributed by atoms with Crippen molar-refractivity contribution in [1.29, 1.82) is 0 Å². The molecule has 2 N–H and O–H groups in total. The quantitative estimate of drug-likeness (QED) is 0.130. The molecule has 290 valence electrons. The van der Waals surface area contributed by atoms with E-state index in [4.69, 9.17) is 21.6 Å². The molecule has 10 nitrogen and oxygen atoms in total. The summed E-state index contributed by atoms with van der Waals surface area (Å²) in [6.45, 7) is 11.1. The first-order chi connectivity index (χ1) is 26.0. The first-order valence-electron chi connectivity index (χ1n) is 19.1. The van der Waals surface area contributed by atoms with E-state index in [1.54, 1.807) is 18.6 Å². The van der Waals surface area contributed by atoms with Crippen molar-refractivity contribution in [3.05, 3.63) is 58.6 Å². The molecule has 1 saturated heterocycles. The van der Waals surface area contributed by atoms with Gasteiger partial charge in [0.15, 0.2) is 17.5 Å². The Kier molecular flexibility index (Phi) is 8.16. The SMILES string of the molecule is CC(C)n1cnc2cc(-c3cnc4c(c3)N(C3CC(C)(N5C[C@H]6CC[C@@H]5C6)C3)C(=O)C4(C)C)nc(Nc3cc(C(=O)NC4(C(F)F)CC4)c(Cl)c(F)c3F)c21. The van der Waals surface area contributed by atoms with E-state index in [0.717, 1.165) is 37.1 Å². The normalized spacial score (nSPS) is 26.3. The number of imidazole rings is 1. The zero-order valence-corrected chi connectivity index (χ0v) is 32.1. The van der Waals surface area contributed by atoms with Crippen molar-refractivity contribution in [3.63, 3.8) is 0 Å². The number of nitrogens with zero attached hydrogens (tertiary/aromatic N) is 6. The molecule has 0 radical (unpaired) electrons. The van der Waals surface area contributed by atoms with Crippen LogP contribution in [0, 0.1) is 17.6 Å². The van der Waals surface area contributed by atoms with E-state index < -0.39 is 51.2 Å². The molecule has 5 heterocycles. The standard InChI is InChI=1S/C40H43ClF4N8O2/c1-19(2)51-18-47-27-13-25(48-34(32(27)51)49-26-12-24(29(41)31(43)30(26)42)35(54)50-40(8-9-40)36(44)45)21-11-28-33(46-16-21)38(3,4)37(55)53(28)23-14-39(5,15-23)52-17-20-6-7-22(52)10-20/h11-13,16,18-20,22-23,36H,6-10,14-15,17H2,1-5H3,(H,48,49)(H,50,54)/t20-,22+,23?,39?/m0/s1. The van der Waals surface area contributed by atoms with Gasteiger partial charge in [-0.05, 0) is 104 Å². The number of aromatic nitrogens is 4. The Hall–Kier alpha value is -4.30. The zero-order chi connectivity index (χ0) is 38.9. The number of halogens is 5. The van der Waals surface area contributed by atoms with Crippen LogP contribution in [0.25, 0.3) is 22.3 Å². The molecule has 55 heavy (non-hydrogen) atoms. The number of carbonyl (C=O) groups is 2. The average Bonchev–Trinajstić information content (AvgIpc) is 3.42. The van der Waals surface area contributed by atoms with Crippen LogP contribution < -0.4 is 15.5 Å². The van der Waals surface area contributed by atoms with Crippen LogP contribution in [-0.2, 0) is 10.2 Å². The monoisotopic (exact) mass is 778 g/mol. The Bertz CT molecular complexity index is 2280. The third kappa shape index (κ3) is 5.55. The molecule has 2 amide bonds. The van der Waals surface area contributed by atoms with Crippen LogP contribution in [0.4, 0.5) is 34.8 Å². The van der Waals surface area contributed by atoms with E-state index in [0.29, 0.717) is 34.0 Å². The number of nitrogens with one attached hydrogen (secondary N) is 2. The third-order valence-corrected chi connectivity index (χ3v) is 13.3. The minimum Gasteiger partial charge on any atom is -0.341 e. The molecule has 3 aromatic heterocycles. The van der Waals surface area contributed by atoms with E-state index in [1.165, 1.54) is 19.3 Å². The van der Waals surface area contributed by atoms with Crippen LogP contribution in [0.2, 0.25) is 5.02 Å². The first-order valence-corrected chi connectivity index (χ1v) is 19.4. The molecule has 9 rings (SSSR count). The van der Waals surface area contributed by atoms with Crippen molar-refractivity contribution in [2.45, 2.75) is 121 Å². The maximum Gasteiger partial charge on any atom is 0.261 e. The van der Waals surface area contributed by atoms with Gasteiger partial charge in [-0.2, -0.15) is 0 Å². The molecule has 15 heteroatoms. The summed E-state index contributed by atoms with van der Waals surface area (Å²) in [7, 11) is 0. The second-order valence-corrected chi connectivity index (χ2v) is 17.7. The van der Waals surface area contributed by atoms with Crippen LogP contribution in [0.15, 0.2) is 30.7 Å². The maximum absolute atomic E-state index is 15.6. The van der Waals surface area contributed by atoms with Crippen molar-refractivity contribution in [2.24, 2.45) is 5.92 Å². The van der Waals surface area contributed by atoms with Gasteiger partial charge in [0.1, 0.15) is 11.1 Å². The highest BCUT2D eigenvalue weighted by Crippen LogP contribution is 2.53. The van der Waals surface area contributed by atoms with Gasteiger partial charge in [0.25, 0.3) is 12.3 Å². The lowest BCUT2D eigenvalue weighted by Gasteiger charge is -2.56. The van der Waals surface area contributed by atoms with Crippen molar-refractivity contribution >= 4 is 51.6 Å². The highest BCUT2D eigenvalue weighted by molar-refractivity contribution is 6.34. The van der Waals surface area contributed by atoms with Crippen molar-refractivity contribution < 1.29 is 27.2 Å². The molecule has 2 atom stereocenters. The van der Waals surface area contributed by atoms with Crippen LogP contribution in [0.3, 0.4) is 0 Å². The molecule has 0 unspecified atom stereocenters. The summed E-state index contributed by atoms with van der Waals surface area (Å²) in [4.78, 5) is 46.1. The summed E-state index contributed by atoms with van der Waals surface area (Å²) in [6, 6.07) is 5.23. The predicted molar refractivity (Wildman–Crippen MR) is 201 cm³/mol. The maximum atomic E-state index is 15.6. The minimum atomic E-state index is -2.83. The van der Waals surface area contributed by atoms with Crippen molar-refractivity contribution in [2.75, 3.05) is 16.8 Å². The lowest BCUT2D eigenvalue weighted by Crippen LogP contribution is -2.64. The van der Waals surface area contributed by atoms with Gasteiger partial charge in [0.2, 0.25) is 5.91 Å². The number of carbonyl (C=O) groups excluding carboxylic acids is 2. The van der Waals surface area contributed by atoms with Crippen molar-refractivity contribution in [3.8, 4) is 11.3 Å². The number of pyridine rings is 2. The lowest BCUT2D eigenvalue weighted by molar-refractivity contribution is -0.124. The van der Waals surface area contributed by atoms with Gasteiger partial charge in [-0.1, -0.05) is 11.6 Å². The predicted octanol–water partition coefficient (Wildman–Crippen LogP) is 8.31. The summed E-state index contributed by atoms with van der Waals surface area (Å²) in [5.74, 6) is -3.05. The van der Waals surface area contributed by atoms with Crippen LogP contribution in [0.1, 0.15) is 102 Å². The molecule has 3 aliphatic carbocycles. The number of hydrogen-bond donors (Lipinski definition) is 2. The van der Waals surface area contributed by atoms with Gasteiger partial charge >= 0.3 is 0 Å². The van der Waals surface area contributed by atoms with Gasteiger partial charge in [0, 0.05) is 42.0 Å². The van der Waals surface area contributed by atoms with Crippen molar-refractivity contribution in [1.82, 2.24) is 29.7 Å². The van der Waals surface area contributed by atoms with E-state index in [1.807, 2.05) is 43.2 Å². The summed E-state index contributed by atoms with van der Waals surface area (Å²) in [5.41, 5.74) is -0.115. The molecule has 2 aliphatic heterocycles. The van der Waals surface area contributed by atoms with E-state index >= 15 is 8.78 Å². The molecule has 2 bridgehead atoms. The number of anilines is 3. The molecule has 3 saturated carbocycles. The second kappa shape index (κ2) is 12.3. The molecule has 4 fully saturated rings. The number of benzene rings is 1. The number of fused-ring (bicyclic) bond motifs is 4. The Morgan fingerprint density at radius 3 is 2.40 bits per heavy atom. The van der Waals surface area contributed by atoms with Gasteiger partial charge in [-0.25, -0.2) is 27.5 Å². The summed E-state index contributed by atoms with van der Waals surface area (Å²) < 4.78 is 60.0. The van der Waals surface area contributed by atoms with Gasteiger partial charge in [-0.15, -0.1) is 0 Å². The van der Waals surface area contributed by atoms with Crippen LogP contribution in [0.5, 0.6) is 0 Å². The van der Waals surface area contributed by atoms with E-state index in [-0.39, 0.29) is 42.2 Å². The van der Waals surface area contributed by atoms with Crippen LogP contribution >= 0.6 is 11.6 Å². The number of rotatable bonds is 9. The molecular formula is C40H43ClF4N8O2. The summed E-state index contributed by atoms with van der Waals surface area (Å²) >= 11 is 6.08. The summed E-state index contributed by atoms with van der Waals surface area (Å²) in [6.07, 6.45) is 6.12. The number of hydrogen-bond acceptors (Lipinski definition) is 7. The Morgan fingerprint density at radius 2 is 1.76 bits per heavy atom. The highest BCUT2D eigenvalue weighted by atomic mass is 35.5. The van der Waals surface area contributed by atoms with Gasteiger partial charge in [-0.3, -0.25) is 19.5 Å². The fraction of sp³-hybridized carbons (Fsp3) is 0.525. The fourth-order valence-electron chi connectivity index (χ4n) is 9.59. The number of likely N-dealkylation sites (tertiary alicyclic amines) is 1. The molecule has 0 spiro atoms. The smallest absolute Gasteiger partial charge is 0.261 e. The van der Waals surface area contributed by atoms with Crippen LogP contribution in [-0.4, -0.2) is 72.4 Å². The molecule has 5 aliphatic rings. The second-order valence-electron chi connectivity index (χ2n) is 17.4. The fourth-order valence-corrected chi connectivity index (χ4v) is 9.81. The zero-order valence-electron chi connectivity index (χ0n) is 31.3. The first kappa shape index (κ1) is 36.3. The van der Waals surface area contributed by atoms with E-state index in [9.17, 15) is 18.4 Å². The Morgan fingerprint density at radius 1 is 1.02 bits per heavy atom. The average molecular weight is 779 g/mol. The van der Waals surface area contributed by atoms with Gasteiger partial charge < -0.3 is 20.1 Å². The number of piperidine rings is 1. The number of amides is 2. The summed E-state index contributed by atoms with van der Waals surface area (Å²) in [5, 5.41) is 4.31. The molecule has 1 aromatic carbocycles. The molecule has 4 aromatic rings. The minimum absolute atomic E-state index is 0.00447. The van der Waals surface area contributed by atoms with Gasteiger partial charge in [0.05, 0.1) is 50.6 Å². The largest absolute Gasteiger partial charge is 0.341 e. The Balaban J connectivity index is 1.08. The molecular weight excluding hydrogens is 736 g/mol. The lowest BCUT2D eigenvalue weighted by atomic mass is 9.71. The number of alkyl halides is 2. The Labute approximate surface area is 321 Å². The third-order valence-electron chi connectivity index (χ3n) is 12.9. The topological polar surface area (TPSA) is 108 Å².